The monoisotopic (exact) mass is 257 g/mol. The molecule has 0 rings (SSSR count). The fraction of sp³-hybridized carbons (Fsp3) is 0.933. The van der Waals surface area contributed by atoms with E-state index in [-0.39, 0.29) is 12.0 Å². The lowest BCUT2D eigenvalue weighted by Gasteiger charge is -2.27. The number of esters is 1. The summed E-state index contributed by atoms with van der Waals surface area (Å²) in [7, 11) is 0. The van der Waals surface area contributed by atoms with Crippen LogP contribution < -0.4 is 0 Å². The van der Waals surface area contributed by atoms with E-state index in [0.717, 1.165) is 38.8 Å². The molecule has 0 aliphatic heterocycles. The molecule has 18 heavy (non-hydrogen) atoms. The van der Waals surface area contributed by atoms with Crippen LogP contribution in [0.2, 0.25) is 0 Å². The second-order valence-electron chi connectivity index (χ2n) is 4.94. The molecule has 0 amide bonds. The van der Waals surface area contributed by atoms with E-state index in [4.69, 9.17) is 4.74 Å². The predicted octanol–water partition coefficient (Wildman–Crippen LogP) is 3.62. The molecule has 0 aromatic heterocycles. The third kappa shape index (κ3) is 7.70. The summed E-state index contributed by atoms with van der Waals surface area (Å²) >= 11 is 0. The molecule has 0 aromatic carbocycles. The topological polar surface area (TPSA) is 29.5 Å². The standard InChI is InChI=1S/C15H31NO2/c1-5-8-11-16(12-9-6-2)14(4)15(17)18-13-10-7-3/h14H,5-13H2,1-4H3. The molecule has 0 spiro atoms. The van der Waals surface area contributed by atoms with E-state index in [0.29, 0.717) is 6.61 Å². The Labute approximate surface area is 113 Å². The summed E-state index contributed by atoms with van der Waals surface area (Å²) in [6, 6.07) is -0.0973. The van der Waals surface area contributed by atoms with Crippen LogP contribution in [0.1, 0.15) is 66.2 Å². The van der Waals surface area contributed by atoms with Crippen molar-refractivity contribution in [3.8, 4) is 0 Å². The van der Waals surface area contributed by atoms with Crippen LogP contribution in [0.4, 0.5) is 0 Å². The van der Waals surface area contributed by atoms with Crippen LogP contribution in [0.5, 0.6) is 0 Å². The molecule has 108 valence electrons. The van der Waals surface area contributed by atoms with Gasteiger partial charge in [-0.3, -0.25) is 9.69 Å². The summed E-state index contributed by atoms with van der Waals surface area (Å²) in [5.41, 5.74) is 0. The molecule has 3 nitrogen and oxygen atoms in total. The maximum absolute atomic E-state index is 11.9. The van der Waals surface area contributed by atoms with Crippen molar-refractivity contribution in [2.24, 2.45) is 0 Å². The zero-order valence-corrected chi connectivity index (χ0v) is 12.7. The Morgan fingerprint density at radius 1 is 1.00 bits per heavy atom. The normalized spacial score (nSPS) is 12.7. The molecule has 0 radical (unpaired) electrons. The highest BCUT2D eigenvalue weighted by Gasteiger charge is 2.21. The van der Waals surface area contributed by atoms with Crippen molar-refractivity contribution in [1.29, 1.82) is 0 Å². The van der Waals surface area contributed by atoms with Crippen molar-refractivity contribution in [3.05, 3.63) is 0 Å². The summed E-state index contributed by atoms with van der Waals surface area (Å²) in [5.74, 6) is -0.0596. The number of rotatable bonds is 11. The minimum atomic E-state index is -0.0973. The quantitative estimate of drug-likeness (QED) is 0.418. The Bertz CT molecular complexity index is 199. The highest BCUT2D eigenvalue weighted by molar-refractivity contribution is 5.75. The Balaban J connectivity index is 4.14. The fourth-order valence-corrected chi connectivity index (χ4v) is 1.81. The maximum Gasteiger partial charge on any atom is 0.323 e. The van der Waals surface area contributed by atoms with Crippen molar-refractivity contribution in [1.82, 2.24) is 4.90 Å². The molecule has 0 aromatic rings. The fourth-order valence-electron chi connectivity index (χ4n) is 1.81. The third-order valence-corrected chi connectivity index (χ3v) is 3.23. The zero-order chi connectivity index (χ0) is 13.8. The number of hydrogen-bond acceptors (Lipinski definition) is 3. The lowest BCUT2D eigenvalue weighted by Crippen LogP contribution is -2.41. The molecule has 0 saturated heterocycles. The van der Waals surface area contributed by atoms with Crippen molar-refractivity contribution in [2.45, 2.75) is 72.3 Å². The molecule has 0 heterocycles. The Hall–Kier alpha value is -0.570. The Kier molecular flexibility index (Phi) is 11.2. The van der Waals surface area contributed by atoms with Crippen LogP contribution in [0.15, 0.2) is 0 Å². The lowest BCUT2D eigenvalue weighted by atomic mass is 10.2. The minimum absolute atomic E-state index is 0.0596. The van der Waals surface area contributed by atoms with E-state index in [1.165, 1.54) is 12.8 Å². The van der Waals surface area contributed by atoms with Gasteiger partial charge in [-0.15, -0.1) is 0 Å². The molecular weight excluding hydrogens is 226 g/mol. The number of nitrogens with zero attached hydrogens (tertiary/aromatic N) is 1. The van der Waals surface area contributed by atoms with Gasteiger partial charge in [0.25, 0.3) is 0 Å². The molecule has 0 aliphatic carbocycles. The van der Waals surface area contributed by atoms with Crippen molar-refractivity contribution < 1.29 is 9.53 Å². The van der Waals surface area contributed by atoms with Gasteiger partial charge in [-0.1, -0.05) is 40.0 Å². The van der Waals surface area contributed by atoms with Gasteiger partial charge in [0.15, 0.2) is 0 Å². The molecular formula is C15H31NO2. The number of hydrogen-bond donors (Lipinski definition) is 0. The first-order valence-electron chi connectivity index (χ1n) is 7.57. The first-order chi connectivity index (χ1) is 8.67. The summed E-state index contributed by atoms with van der Waals surface area (Å²) in [6.07, 6.45) is 6.66. The van der Waals surface area contributed by atoms with Gasteiger partial charge in [-0.25, -0.2) is 0 Å². The second kappa shape index (κ2) is 11.5. The van der Waals surface area contributed by atoms with Crippen LogP contribution in [0.3, 0.4) is 0 Å². The Morgan fingerprint density at radius 3 is 1.94 bits per heavy atom. The van der Waals surface area contributed by atoms with E-state index in [1.807, 2.05) is 6.92 Å². The molecule has 0 aliphatic rings. The van der Waals surface area contributed by atoms with Crippen LogP contribution in [-0.4, -0.2) is 36.6 Å². The average molecular weight is 257 g/mol. The van der Waals surface area contributed by atoms with Crippen molar-refractivity contribution in [3.63, 3.8) is 0 Å². The second-order valence-corrected chi connectivity index (χ2v) is 4.94. The number of carbonyl (C=O) groups excluding carboxylic acids is 1. The van der Waals surface area contributed by atoms with E-state index in [9.17, 15) is 4.79 Å². The minimum Gasteiger partial charge on any atom is -0.465 e. The molecule has 1 unspecified atom stereocenters. The number of carbonyl (C=O) groups is 1. The average Bonchev–Trinajstić information content (AvgIpc) is 2.38. The highest BCUT2D eigenvalue weighted by atomic mass is 16.5. The summed E-state index contributed by atoms with van der Waals surface area (Å²) < 4.78 is 5.30. The van der Waals surface area contributed by atoms with E-state index in [1.54, 1.807) is 0 Å². The summed E-state index contributed by atoms with van der Waals surface area (Å²) in [6.45, 7) is 11.0. The van der Waals surface area contributed by atoms with Gasteiger partial charge in [0, 0.05) is 0 Å². The number of unbranched alkanes of at least 4 members (excludes halogenated alkanes) is 3. The summed E-state index contributed by atoms with van der Waals surface area (Å²) in [4.78, 5) is 14.2. The van der Waals surface area contributed by atoms with Gasteiger partial charge in [0.1, 0.15) is 6.04 Å². The molecule has 3 heteroatoms. The van der Waals surface area contributed by atoms with Gasteiger partial charge >= 0.3 is 5.97 Å². The Morgan fingerprint density at radius 2 is 1.50 bits per heavy atom. The van der Waals surface area contributed by atoms with Crippen molar-refractivity contribution >= 4 is 5.97 Å². The smallest absolute Gasteiger partial charge is 0.323 e. The van der Waals surface area contributed by atoms with E-state index < -0.39 is 0 Å². The van der Waals surface area contributed by atoms with E-state index >= 15 is 0 Å². The van der Waals surface area contributed by atoms with Gasteiger partial charge in [-0.05, 0) is 39.3 Å². The van der Waals surface area contributed by atoms with Crippen LogP contribution >= 0.6 is 0 Å². The van der Waals surface area contributed by atoms with Crippen molar-refractivity contribution in [2.75, 3.05) is 19.7 Å². The maximum atomic E-state index is 11.9. The van der Waals surface area contributed by atoms with E-state index in [2.05, 4.69) is 25.7 Å². The SMILES string of the molecule is CCCCOC(=O)C(C)N(CCCC)CCCC. The molecule has 0 saturated carbocycles. The summed E-state index contributed by atoms with van der Waals surface area (Å²) in [5, 5.41) is 0. The number of ether oxygens (including phenoxy) is 1. The first-order valence-corrected chi connectivity index (χ1v) is 7.57. The van der Waals surface area contributed by atoms with Crippen LogP contribution in [0.25, 0.3) is 0 Å². The highest BCUT2D eigenvalue weighted by Crippen LogP contribution is 2.07. The van der Waals surface area contributed by atoms with Gasteiger partial charge < -0.3 is 4.74 Å². The molecule has 0 bridgehead atoms. The van der Waals surface area contributed by atoms with Gasteiger partial charge in [-0.2, -0.15) is 0 Å². The van der Waals surface area contributed by atoms with Crippen LogP contribution in [-0.2, 0) is 9.53 Å². The lowest BCUT2D eigenvalue weighted by molar-refractivity contribution is -0.149. The largest absolute Gasteiger partial charge is 0.465 e. The van der Waals surface area contributed by atoms with Gasteiger partial charge in [0.05, 0.1) is 6.61 Å². The third-order valence-electron chi connectivity index (χ3n) is 3.23. The molecule has 1 atom stereocenters. The zero-order valence-electron chi connectivity index (χ0n) is 12.7. The molecule has 0 N–H and O–H groups in total. The molecule has 0 fully saturated rings. The van der Waals surface area contributed by atoms with Gasteiger partial charge in [0.2, 0.25) is 0 Å². The predicted molar refractivity (Wildman–Crippen MR) is 76.7 cm³/mol. The first kappa shape index (κ1) is 17.4. The van der Waals surface area contributed by atoms with Crippen LogP contribution in [0, 0.1) is 0 Å².